The maximum Gasteiger partial charge on any atom is 0.335 e. The number of rotatable bonds is 2. The van der Waals surface area contributed by atoms with Crippen molar-refractivity contribution in [2.45, 2.75) is 6.17 Å². The standard InChI is InChI=1S/C17H14N6O/c1-18-16-11-22(13-8-20-21(2)10-13)17(24)23(16)15-9-19-7-12-5-3-4-6-14(12)15/h3-10,16H,11H2,2H3/t16-/m0/s1. The molecule has 1 aliphatic heterocycles. The van der Waals surface area contributed by atoms with Gasteiger partial charge >= 0.3 is 12.2 Å². The van der Waals surface area contributed by atoms with Gasteiger partial charge in [0.15, 0.2) is 0 Å². The van der Waals surface area contributed by atoms with Crippen LogP contribution in [0.1, 0.15) is 0 Å². The molecule has 3 aromatic rings. The third kappa shape index (κ3) is 2.08. The first-order valence-corrected chi connectivity index (χ1v) is 7.48. The quantitative estimate of drug-likeness (QED) is 0.683. The van der Waals surface area contributed by atoms with Crippen LogP contribution in [0.2, 0.25) is 0 Å². The predicted octanol–water partition coefficient (Wildman–Crippen LogP) is 2.66. The Morgan fingerprint density at radius 1 is 1.25 bits per heavy atom. The summed E-state index contributed by atoms with van der Waals surface area (Å²) in [6.07, 6.45) is 6.20. The Hall–Kier alpha value is -3.40. The number of carbonyl (C=O) groups is 1. The van der Waals surface area contributed by atoms with Gasteiger partial charge in [0, 0.05) is 30.2 Å². The average molecular weight is 318 g/mol. The molecule has 2 aromatic heterocycles. The zero-order valence-corrected chi connectivity index (χ0v) is 13.0. The molecule has 1 aromatic carbocycles. The van der Waals surface area contributed by atoms with Gasteiger partial charge in [0.2, 0.25) is 0 Å². The SMILES string of the molecule is [C-]#[N+][C@@H]1CN(c2cnn(C)c2)C(=O)N1c1cncc2ccccc12. The molecular formula is C17H14N6O. The fraction of sp³-hybridized carbons (Fsp3) is 0.176. The Labute approximate surface area is 138 Å². The molecule has 7 nitrogen and oxygen atoms in total. The Morgan fingerprint density at radius 3 is 2.83 bits per heavy atom. The van der Waals surface area contributed by atoms with Crippen LogP contribution in [0.3, 0.4) is 0 Å². The number of pyridine rings is 1. The Morgan fingerprint density at radius 2 is 2.08 bits per heavy atom. The lowest BCUT2D eigenvalue weighted by Gasteiger charge is -2.18. The molecule has 0 N–H and O–H groups in total. The fourth-order valence-electron chi connectivity index (χ4n) is 3.00. The average Bonchev–Trinajstić information content (AvgIpc) is 3.17. The van der Waals surface area contributed by atoms with E-state index in [1.54, 1.807) is 41.4 Å². The molecule has 0 aliphatic carbocycles. The number of amides is 2. The molecule has 1 fully saturated rings. The van der Waals surface area contributed by atoms with Gasteiger partial charge in [-0.15, -0.1) is 0 Å². The summed E-state index contributed by atoms with van der Waals surface area (Å²) in [5.41, 5.74) is 1.34. The van der Waals surface area contributed by atoms with Gasteiger partial charge in [0.1, 0.15) is 6.54 Å². The van der Waals surface area contributed by atoms with E-state index in [9.17, 15) is 4.79 Å². The summed E-state index contributed by atoms with van der Waals surface area (Å²) in [7, 11) is 1.79. The van der Waals surface area contributed by atoms with Crippen LogP contribution in [0.5, 0.6) is 0 Å². The normalized spacial score (nSPS) is 17.5. The molecule has 0 radical (unpaired) electrons. The first kappa shape index (κ1) is 14.2. The summed E-state index contributed by atoms with van der Waals surface area (Å²) in [6.45, 7) is 7.80. The lowest BCUT2D eigenvalue weighted by molar-refractivity contribution is 0.255. The number of urea groups is 1. The number of hydrogen-bond donors (Lipinski definition) is 0. The van der Waals surface area contributed by atoms with Gasteiger partial charge in [-0.3, -0.25) is 19.4 Å². The number of fused-ring (bicyclic) bond motifs is 1. The molecule has 1 saturated heterocycles. The number of carbonyl (C=O) groups excluding carboxylic acids is 1. The number of anilines is 2. The first-order valence-electron chi connectivity index (χ1n) is 7.48. The molecule has 0 spiro atoms. The molecule has 118 valence electrons. The van der Waals surface area contributed by atoms with Crippen molar-refractivity contribution >= 4 is 28.2 Å². The van der Waals surface area contributed by atoms with Crippen molar-refractivity contribution in [2.24, 2.45) is 7.05 Å². The summed E-state index contributed by atoms with van der Waals surface area (Å²) in [6, 6.07) is 7.49. The summed E-state index contributed by atoms with van der Waals surface area (Å²) in [4.78, 5) is 24.0. The van der Waals surface area contributed by atoms with Crippen LogP contribution < -0.4 is 9.80 Å². The van der Waals surface area contributed by atoms with Gasteiger partial charge in [-0.1, -0.05) is 24.3 Å². The summed E-state index contributed by atoms with van der Waals surface area (Å²) >= 11 is 0. The highest BCUT2D eigenvalue weighted by Gasteiger charge is 2.44. The van der Waals surface area contributed by atoms with Crippen molar-refractivity contribution in [1.29, 1.82) is 0 Å². The second kappa shape index (κ2) is 5.35. The van der Waals surface area contributed by atoms with Gasteiger partial charge in [-0.25, -0.2) is 16.3 Å². The third-order valence-electron chi connectivity index (χ3n) is 4.14. The molecule has 1 atom stereocenters. The highest BCUT2D eigenvalue weighted by molar-refractivity contribution is 6.11. The van der Waals surface area contributed by atoms with Gasteiger partial charge in [0.05, 0.1) is 23.8 Å². The minimum Gasteiger partial charge on any atom is -0.287 e. The second-order valence-electron chi connectivity index (χ2n) is 5.62. The van der Waals surface area contributed by atoms with E-state index in [1.807, 2.05) is 24.3 Å². The van der Waals surface area contributed by atoms with E-state index < -0.39 is 6.17 Å². The zero-order chi connectivity index (χ0) is 16.7. The van der Waals surface area contributed by atoms with Crippen molar-refractivity contribution < 1.29 is 4.79 Å². The van der Waals surface area contributed by atoms with Crippen molar-refractivity contribution in [2.75, 3.05) is 16.3 Å². The largest absolute Gasteiger partial charge is 0.335 e. The van der Waals surface area contributed by atoms with Gasteiger partial charge in [-0.05, 0) is 0 Å². The van der Waals surface area contributed by atoms with E-state index in [0.29, 0.717) is 17.9 Å². The van der Waals surface area contributed by atoms with E-state index in [2.05, 4.69) is 14.9 Å². The van der Waals surface area contributed by atoms with Crippen LogP contribution in [0.25, 0.3) is 15.6 Å². The molecule has 3 heterocycles. The molecule has 1 aliphatic rings. The maximum absolute atomic E-state index is 13.0. The van der Waals surface area contributed by atoms with Crippen LogP contribution in [0.15, 0.2) is 49.1 Å². The first-order chi connectivity index (χ1) is 11.7. The minimum absolute atomic E-state index is 0.234. The molecular weight excluding hydrogens is 304 g/mol. The van der Waals surface area contributed by atoms with E-state index in [1.165, 1.54) is 4.90 Å². The number of nitrogens with zero attached hydrogens (tertiary/aromatic N) is 6. The minimum atomic E-state index is -0.592. The molecule has 0 bridgehead atoms. The lowest BCUT2D eigenvalue weighted by atomic mass is 10.1. The highest BCUT2D eigenvalue weighted by Crippen LogP contribution is 2.33. The van der Waals surface area contributed by atoms with Crippen LogP contribution in [0.4, 0.5) is 16.2 Å². The van der Waals surface area contributed by atoms with Crippen LogP contribution in [-0.2, 0) is 7.05 Å². The zero-order valence-electron chi connectivity index (χ0n) is 13.0. The van der Waals surface area contributed by atoms with Crippen molar-refractivity contribution in [3.8, 4) is 0 Å². The molecule has 24 heavy (non-hydrogen) atoms. The van der Waals surface area contributed by atoms with Gasteiger partial charge in [-0.2, -0.15) is 5.10 Å². The molecule has 2 amide bonds. The van der Waals surface area contributed by atoms with E-state index >= 15 is 0 Å². The molecule has 0 unspecified atom stereocenters. The van der Waals surface area contributed by atoms with Crippen molar-refractivity contribution in [3.05, 3.63) is 60.5 Å². The van der Waals surface area contributed by atoms with Gasteiger partial charge in [0.25, 0.3) is 0 Å². The topological polar surface area (TPSA) is 58.6 Å². The monoisotopic (exact) mass is 318 g/mol. The summed E-state index contributed by atoms with van der Waals surface area (Å²) in [5, 5.41) is 5.95. The molecule has 4 rings (SSSR count). The van der Waals surface area contributed by atoms with Gasteiger partial charge < -0.3 is 0 Å². The second-order valence-corrected chi connectivity index (χ2v) is 5.62. The van der Waals surface area contributed by atoms with Crippen molar-refractivity contribution in [3.63, 3.8) is 0 Å². The highest BCUT2D eigenvalue weighted by atomic mass is 16.2. The van der Waals surface area contributed by atoms with E-state index in [0.717, 1.165) is 10.8 Å². The fourth-order valence-corrected chi connectivity index (χ4v) is 3.00. The Balaban J connectivity index is 1.81. The van der Waals surface area contributed by atoms with E-state index in [-0.39, 0.29) is 6.03 Å². The molecule has 0 saturated carbocycles. The molecule has 7 heteroatoms. The summed E-state index contributed by atoms with van der Waals surface area (Å²) < 4.78 is 1.64. The maximum atomic E-state index is 13.0. The Bertz CT molecular complexity index is 967. The third-order valence-corrected chi connectivity index (χ3v) is 4.14. The summed E-state index contributed by atoms with van der Waals surface area (Å²) in [5.74, 6) is 0. The van der Waals surface area contributed by atoms with Crippen LogP contribution >= 0.6 is 0 Å². The van der Waals surface area contributed by atoms with Crippen molar-refractivity contribution in [1.82, 2.24) is 14.8 Å². The number of hydrogen-bond acceptors (Lipinski definition) is 3. The number of aromatic nitrogens is 3. The Kier molecular flexibility index (Phi) is 3.17. The van der Waals surface area contributed by atoms with E-state index in [4.69, 9.17) is 6.57 Å². The smallest absolute Gasteiger partial charge is 0.287 e. The predicted molar refractivity (Wildman–Crippen MR) is 90.6 cm³/mol. The van der Waals surface area contributed by atoms with Crippen LogP contribution in [-0.4, -0.2) is 33.5 Å². The number of aryl methyl sites for hydroxylation is 1. The lowest BCUT2D eigenvalue weighted by Crippen LogP contribution is -2.34. The van der Waals surface area contributed by atoms with Crippen LogP contribution in [0, 0.1) is 6.57 Å². The number of benzene rings is 1.